The molecule has 0 radical (unpaired) electrons. The average molecular weight is 595 g/mol. The molecule has 0 heterocycles. The zero-order valence-corrected chi connectivity index (χ0v) is 28.4. The highest BCUT2D eigenvalue weighted by Crippen LogP contribution is 2.58. The summed E-state index contributed by atoms with van der Waals surface area (Å²) in [6.07, 6.45) is 19.3. The summed E-state index contributed by atoms with van der Waals surface area (Å²) in [6, 6.07) is 0. The molecule has 0 fully saturated rings. The third-order valence-electron chi connectivity index (χ3n) is 7.20. The highest BCUT2D eigenvalue weighted by Gasteiger charge is 2.32. The molecular weight excluding hydrogens is 528 g/mol. The van der Waals surface area contributed by atoms with Crippen LogP contribution < -0.4 is 28.4 Å². The molecule has 0 aliphatic heterocycles. The molecule has 1 aromatic rings. The van der Waals surface area contributed by atoms with Crippen molar-refractivity contribution in [2.75, 3.05) is 39.6 Å². The van der Waals surface area contributed by atoms with Gasteiger partial charge in [-0.2, -0.15) is 0 Å². The van der Waals surface area contributed by atoms with E-state index in [0.29, 0.717) is 74.1 Å². The van der Waals surface area contributed by atoms with Crippen LogP contribution in [0.1, 0.15) is 157 Å². The van der Waals surface area contributed by atoms with Crippen molar-refractivity contribution < 1.29 is 28.4 Å². The molecule has 0 N–H and O–H groups in total. The minimum atomic E-state index is 0.589. The molecule has 0 amide bonds. The third kappa shape index (κ3) is 15.5. The van der Waals surface area contributed by atoms with Crippen molar-refractivity contribution >= 4 is 0 Å². The average Bonchev–Trinajstić information content (AvgIpc) is 3.00. The zero-order valence-electron chi connectivity index (χ0n) is 28.4. The van der Waals surface area contributed by atoms with Gasteiger partial charge in [-0.15, -0.1) is 0 Å². The lowest BCUT2D eigenvalue weighted by molar-refractivity contribution is 0.189. The van der Waals surface area contributed by atoms with Gasteiger partial charge in [0.2, 0.25) is 34.5 Å². The summed E-state index contributed by atoms with van der Waals surface area (Å²) in [4.78, 5) is 0. The summed E-state index contributed by atoms with van der Waals surface area (Å²) in [7, 11) is 0. The van der Waals surface area contributed by atoms with Gasteiger partial charge in [-0.3, -0.25) is 0 Å². The van der Waals surface area contributed by atoms with Crippen LogP contribution in [0, 0.1) is 0 Å². The summed E-state index contributed by atoms with van der Waals surface area (Å²) in [5, 5.41) is 0. The van der Waals surface area contributed by atoms with Gasteiger partial charge in [0.1, 0.15) is 0 Å². The number of ether oxygens (including phenoxy) is 6. The molecule has 1 rings (SSSR count). The van der Waals surface area contributed by atoms with E-state index in [1.807, 2.05) is 0 Å². The van der Waals surface area contributed by atoms with Crippen LogP contribution in [0.4, 0.5) is 0 Å². The molecule has 0 unspecified atom stereocenters. The number of rotatable bonds is 30. The van der Waals surface area contributed by atoms with Gasteiger partial charge in [0.05, 0.1) is 39.6 Å². The van der Waals surface area contributed by atoms with Crippen LogP contribution >= 0.6 is 0 Å². The first-order chi connectivity index (χ1) is 20.7. The number of unbranched alkanes of at least 4 members (excludes halogenated alkanes) is 12. The van der Waals surface area contributed by atoms with Gasteiger partial charge in [0.15, 0.2) is 0 Å². The van der Waals surface area contributed by atoms with Crippen molar-refractivity contribution in [2.45, 2.75) is 157 Å². The number of benzene rings is 1. The van der Waals surface area contributed by atoms with Gasteiger partial charge >= 0.3 is 0 Å². The Bertz CT molecular complexity index is 583. The molecule has 0 spiro atoms. The molecule has 1 aromatic carbocycles. The Balaban J connectivity index is 3.74. The monoisotopic (exact) mass is 594 g/mol. The number of hydrogen-bond acceptors (Lipinski definition) is 6. The lowest BCUT2D eigenvalue weighted by Gasteiger charge is -2.26. The molecule has 0 bridgehead atoms. The van der Waals surface area contributed by atoms with E-state index in [2.05, 4.69) is 41.5 Å². The molecule has 0 saturated heterocycles. The van der Waals surface area contributed by atoms with E-state index < -0.39 is 0 Å². The van der Waals surface area contributed by atoms with Crippen LogP contribution in [0.15, 0.2) is 0 Å². The van der Waals surface area contributed by atoms with E-state index in [9.17, 15) is 0 Å². The van der Waals surface area contributed by atoms with Gasteiger partial charge in [0, 0.05) is 0 Å². The highest BCUT2D eigenvalue weighted by molar-refractivity contribution is 5.73. The third-order valence-corrected chi connectivity index (χ3v) is 7.20. The lowest BCUT2D eigenvalue weighted by Crippen LogP contribution is -2.13. The van der Waals surface area contributed by atoms with Gasteiger partial charge in [-0.05, 0) is 38.5 Å². The predicted octanol–water partition coefficient (Wildman–Crippen LogP) is 11.1. The van der Waals surface area contributed by atoms with E-state index >= 15 is 0 Å². The fourth-order valence-corrected chi connectivity index (χ4v) is 4.56. The Kier molecular flexibility index (Phi) is 24.1. The highest BCUT2D eigenvalue weighted by atomic mass is 16.6. The van der Waals surface area contributed by atoms with Gasteiger partial charge in [0.25, 0.3) is 0 Å². The fraction of sp³-hybridized carbons (Fsp3) is 0.833. The Morgan fingerprint density at radius 3 is 0.500 bits per heavy atom. The molecular formula is C36H66O6. The molecule has 246 valence electrons. The normalized spacial score (nSPS) is 11.0. The summed E-state index contributed by atoms with van der Waals surface area (Å²) in [6.45, 7) is 16.8. The Morgan fingerprint density at radius 2 is 0.381 bits per heavy atom. The SMILES string of the molecule is CCCCCOc1c(OCCCCC)c(OCCCCC)c(OCCCCC)c(OCCCCC)c1OCCCCC. The first kappa shape index (κ1) is 38.0. The van der Waals surface area contributed by atoms with Crippen molar-refractivity contribution in [3.8, 4) is 34.5 Å². The van der Waals surface area contributed by atoms with E-state index in [1.165, 1.54) is 0 Å². The molecule has 0 aromatic heterocycles. The van der Waals surface area contributed by atoms with Gasteiger partial charge in [-0.1, -0.05) is 119 Å². The maximum absolute atomic E-state index is 6.55. The van der Waals surface area contributed by atoms with Crippen LogP contribution in [0.2, 0.25) is 0 Å². The molecule has 42 heavy (non-hydrogen) atoms. The van der Waals surface area contributed by atoms with Gasteiger partial charge in [-0.25, -0.2) is 0 Å². The molecule has 6 nitrogen and oxygen atoms in total. The molecule has 6 heteroatoms. The number of hydrogen-bond donors (Lipinski definition) is 0. The van der Waals surface area contributed by atoms with E-state index in [1.54, 1.807) is 0 Å². The van der Waals surface area contributed by atoms with Crippen molar-refractivity contribution in [2.24, 2.45) is 0 Å². The van der Waals surface area contributed by atoms with Crippen molar-refractivity contribution in [1.82, 2.24) is 0 Å². The Morgan fingerprint density at radius 1 is 0.238 bits per heavy atom. The summed E-state index contributed by atoms with van der Waals surface area (Å²) >= 11 is 0. The zero-order chi connectivity index (χ0) is 30.7. The summed E-state index contributed by atoms with van der Waals surface area (Å²) in [5.41, 5.74) is 0. The summed E-state index contributed by atoms with van der Waals surface area (Å²) < 4.78 is 39.3. The van der Waals surface area contributed by atoms with Crippen LogP contribution in [0.25, 0.3) is 0 Å². The maximum Gasteiger partial charge on any atom is 0.211 e. The molecule has 0 saturated carbocycles. The van der Waals surface area contributed by atoms with Crippen LogP contribution in [0.5, 0.6) is 34.5 Å². The topological polar surface area (TPSA) is 55.4 Å². The van der Waals surface area contributed by atoms with E-state index in [4.69, 9.17) is 28.4 Å². The maximum atomic E-state index is 6.55. The van der Waals surface area contributed by atoms with Crippen molar-refractivity contribution in [1.29, 1.82) is 0 Å². The standard InChI is InChI=1S/C36H66O6/c1-7-13-19-25-37-31-32(38-26-20-14-8-2)34(40-28-22-16-10-4)36(42-30-24-18-12-6)35(41-29-23-17-11-5)33(31)39-27-21-15-9-3/h7-30H2,1-6H3. The smallest absolute Gasteiger partial charge is 0.211 e. The van der Waals surface area contributed by atoms with Crippen LogP contribution in [-0.2, 0) is 0 Å². The van der Waals surface area contributed by atoms with Crippen molar-refractivity contribution in [3.63, 3.8) is 0 Å². The first-order valence-corrected chi connectivity index (χ1v) is 17.7. The Hall–Kier alpha value is -1.98. The molecule has 0 aliphatic rings. The first-order valence-electron chi connectivity index (χ1n) is 17.7. The quantitative estimate of drug-likeness (QED) is 0.0826. The van der Waals surface area contributed by atoms with E-state index in [-0.39, 0.29) is 0 Å². The van der Waals surface area contributed by atoms with Crippen LogP contribution in [-0.4, -0.2) is 39.6 Å². The summed E-state index contributed by atoms with van der Waals surface area (Å²) in [5.74, 6) is 3.64. The fourth-order valence-electron chi connectivity index (χ4n) is 4.56. The second-order valence-corrected chi connectivity index (χ2v) is 11.3. The second-order valence-electron chi connectivity index (χ2n) is 11.3. The van der Waals surface area contributed by atoms with Crippen LogP contribution in [0.3, 0.4) is 0 Å². The Labute approximate surface area is 259 Å². The lowest BCUT2D eigenvalue weighted by atomic mass is 10.2. The minimum Gasteiger partial charge on any atom is -0.486 e. The predicted molar refractivity (Wildman–Crippen MR) is 177 cm³/mol. The van der Waals surface area contributed by atoms with Gasteiger partial charge < -0.3 is 28.4 Å². The second kappa shape index (κ2) is 26.6. The minimum absolute atomic E-state index is 0.589. The largest absolute Gasteiger partial charge is 0.486 e. The molecule has 0 aliphatic carbocycles. The van der Waals surface area contributed by atoms with E-state index in [0.717, 1.165) is 116 Å². The van der Waals surface area contributed by atoms with Crippen molar-refractivity contribution in [3.05, 3.63) is 0 Å². The molecule has 0 atom stereocenters.